The fourth-order valence-electron chi connectivity index (χ4n) is 3.34. The third-order valence-corrected chi connectivity index (χ3v) is 4.52. The van der Waals surface area contributed by atoms with E-state index in [1.165, 1.54) is 22.4 Å². The van der Waals surface area contributed by atoms with Gasteiger partial charge in [-0.3, -0.25) is 0 Å². The molecule has 0 saturated carbocycles. The van der Waals surface area contributed by atoms with Crippen LogP contribution in [0.1, 0.15) is 30.5 Å². The molecule has 2 nitrogen and oxygen atoms in total. The average Bonchev–Trinajstić information content (AvgIpc) is 2.54. The second-order valence-corrected chi connectivity index (χ2v) is 6.82. The van der Waals surface area contributed by atoms with Crippen LogP contribution in [0.3, 0.4) is 0 Å². The minimum atomic E-state index is 0.301. The van der Waals surface area contributed by atoms with Crippen molar-refractivity contribution in [3.05, 3.63) is 65.2 Å². The molecule has 1 heterocycles. The van der Waals surface area contributed by atoms with Crippen LogP contribution in [-0.2, 0) is 17.6 Å². The first kappa shape index (κ1) is 16.1. The lowest BCUT2D eigenvalue weighted by molar-refractivity contribution is -0.00522. The number of hydrogen-bond acceptors (Lipinski definition) is 2. The Morgan fingerprint density at radius 3 is 2.26 bits per heavy atom. The number of nitrogens with zero attached hydrogens (tertiary/aromatic N) is 1. The standard InChI is InChI=1S/C21H27NO/c1-16-7-9-19(10-8-16)11-12-20-5-4-6-21(13-20)22-14-17(2)23-18(3)15-22/h4-10,13,17-18H,11-12,14-15H2,1-3H3/t17-,18+. The first-order valence-electron chi connectivity index (χ1n) is 8.65. The van der Waals surface area contributed by atoms with Crippen molar-refractivity contribution in [3.8, 4) is 0 Å². The number of rotatable bonds is 4. The molecule has 0 aromatic heterocycles. The second-order valence-electron chi connectivity index (χ2n) is 6.82. The second kappa shape index (κ2) is 7.18. The van der Waals surface area contributed by atoms with E-state index in [0.29, 0.717) is 12.2 Å². The molecule has 0 amide bonds. The molecule has 0 unspecified atom stereocenters. The molecular formula is C21H27NO. The van der Waals surface area contributed by atoms with E-state index >= 15 is 0 Å². The molecule has 2 aromatic carbocycles. The van der Waals surface area contributed by atoms with E-state index in [-0.39, 0.29) is 0 Å². The molecule has 1 aliphatic rings. The van der Waals surface area contributed by atoms with Crippen LogP contribution in [0, 0.1) is 6.92 Å². The average molecular weight is 309 g/mol. The first-order chi connectivity index (χ1) is 11.1. The fourth-order valence-corrected chi connectivity index (χ4v) is 3.34. The van der Waals surface area contributed by atoms with Crippen molar-refractivity contribution in [3.63, 3.8) is 0 Å². The van der Waals surface area contributed by atoms with Crippen LogP contribution in [0.15, 0.2) is 48.5 Å². The Morgan fingerprint density at radius 1 is 0.913 bits per heavy atom. The number of anilines is 1. The van der Waals surface area contributed by atoms with E-state index in [1.807, 2.05) is 0 Å². The van der Waals surface area contributed by atoms with Gasteiger partial charge in [-0.05, 0) is 56.9 Å². The van der Waals surface area contributed by atoms with E-state index in [9.17, 15) is 0 Å². The third-order valence-electron chi connectivity index (χ3n) is 4.52. The van der Waals surface area contributed by atoms with E-state index in [1.54, 1.807) is 0 Å². The van der Waals surface area contributed by atoms with Crippen LogP contribution in [0.5, 0.6) is 0 Å². The summed E-state index contributed by atoms with van der Waals surface area (Å²) >= 11 is 0. The number of hydrogen-bond donors (Lipinski definition) is 0. The smallest absolute Gasteiger partial charge is 0.0726 e. The van der Waals surface area contributed by atoms with Crippen LogP contribution in [0.25, 0.3) is 0 Å². The molecule has 2 aromatic rings. The van der Waals surface area contributed by atoms with Crippen molar-refractivity contribution in [2.24, 2.45) is 0 Å². The van der Waals surface area contributed by atoms with Crippen molar-refractivity contribution in [2.75, 3.05) is 18.0 Å². The number of ether oxygens (including phenoxy) is 1. The summed E-state index contributed by atoms with van der Waals surface area (Å²) in [5.41, 5.74) is 5.48. The molecule has 0 spiro atoms. The van der Waals surface area contributed by atoms with Crippen molar-refractivity contribution < 1.29 is 4.74 Å². The molecule has 122 valence electrons. The Labute approximate surface area is 140 Å². The van der Waals surface area contributed by atoms with Gasteiger partial charge in [0.15, 0.2) is 0 Å². The summed E-state index contributed by atoms with van der Waals surface area (Å²) in [4.78, 5) is 2.45. The predicted octanol–water partition coefficient (Wildman–Crippen LogP) is 4.39. The molecule has 0 bridgehead atoms. The monoisotopic (exact) mass is 309 g/mol. The summed E-state index contributed by atoms with van der Waals surface area (Å²) in [5, 5.41) is 0. The van der Waals surface area contributed by atoms with Gasteiger partial charge in [0, 0.05) is 18.8 Å². The summed E-state index contributed by atoms with van der Waals surface area (Å²) < 4.78 is 5.84. The normalized spacial score (nSPS) is 21.4. The summed E-state index contributed by atoms with van der Waals surface area (Å²) in [6.07, 6.45) is 2.79. The van der Waals surface area contributed by atoms with Crippen LogP contribution in [0.4, 0.5) is 5.69 Å². The summed E-state index contributed by atoms with van der Waals surface area (Å²) in [6, 6.07) is 17.9. The summed E-state index contributed by atoms with van der Waals surface area (Å²) in [7, 11) is 0. The Kier molecular flexibility index (Phi) is 5.02. The van der Waals surface area contributed by atoms with Crippen molar-refractivity contribution >= 4 is 5.69 Å². The van der Waals surface area contributed by atoms with Gasteiger partial charge in [-0.25, -0.2) is 0 Å². The molecule has 2 atom stereocenters. The van der Waals surface area contributed by atoms with Crippen LogP contribution in [-0.4, -0.2) is 25.3 Å². The zero-order valence-corrected chi connectivity index (χ0v) is 14.5. The largest absolute Gasteiger partial charge is 0.372 e. The molecule has 0 N–H and O–H groups in total. The molecule has 1 saturated heterocycles. The summed E-state index contributed by atoms with van der Waals surface area (Å²) in [5.74, 6) is 0. The molecule has 1 fully saturated rings. The van der Waals surface area contributed by atoms with Gasteiger partial charge in [0.05, 0.1) is 12.2 Å². The van der Waals surface area contributed by atoms with Gasteiger partial charge in [-0.1, -0.05) is 42.0 Å². The van der Waals surface area contributed by atoms with Crippen LogP contribution in [0.2, 0.25) is 0 Å². The lowest BCUT2D eigenvalue weighted by atomic mass is 10.0. The lowest BCUT2D eigenvalue weighted by Crippen LogP contribution is -2.45. The SMILES string of the molecule is Cc1ccc(CCc2cccc(N3C[C@@H](C)O[C@@H](C)C3)c2)cc1. The van der Waals surface area contributed by atoms with Crippen LogP contribution < -0.4 is 4.90 Å². The Morgan fingerprint density at radius 2 is 1.57 bits per heavy atom. The number of benzene rings is 2. The number of aryl methyl sites for hydroxylation is 3. The van der Waals surface area contributed by atoms with Crippen molar-refractivity contribution in [1.29, 1.82) is 0 Å². The summed E-state index contributed by atoms with van der Waals surface area (Å²) in [6.45, 7) is 8.41. The van der Waals surface area contributed by atoms with Gasteiger partial charge in [0.25, 0.3) is 0 Å². The first-order valence-corrected chi connectivity index (χ1v) is 8.65. The van der Waals surface area contributed by atoms with Crippen molar-refractivity contribution in [2.45, 2.75) is 45.8 Å². The highest BCUT2D eigenvalue weighted by Gasteiger charge is 2.22. The fraction of sp³-hybridized carbons (Fsp3) is 0.429. The van der Waals surface area contributed by atoms with Crippen LogP contribution >= 0.6 is 0 Å². The molecule has 0 aliphatic carbocycles. The van der Waals surface area contributed by atoms with E-state index in [2.05, 4.69) is 74.2 Å². The van der Waals surface area contributed by atoms with E-state index in [0.717, 1.165) is 25.9 Å². The lowest BCUT2D eigenvalue weighted by Gasteiger charge is -2.37. The molecule has 3 rings (SSSR count). The van der Waals surface area contributed by atoms with E-state index in [4.69, 9.17) is 4.74 Å². The molecule has 23 heavy (non-hydrogen) atoms. The van der Waals surface area contributed by atoms with E-state index < -0.39 is 0 Å². The topological polar surface area (TPSA) is 12.5 Å². The van der Waals surface area contributed by atoms with Gasteiger partial charge < -0.3 is 9.64 Å². The highest BCUT2D eigenvalue weighted by atomic mass is 16.5. The number of morpholine rings is 1. The molecular weight excluding hydrogens is 282 g/mol. The van der Waals surface area contributed by atoms with Gasteiger partial charge in [-0.2, -0.15) is 0 Å². The molecule has 1 aliphatic heterocycles. The maximum atomic E-state index is 5.84. The third kappa shape index (κ3) is 4.35. The molecule has 2 heteroatoms. The maximum Gasteiger partial charge on any atom is 0.0726 e. The Hall–Kier alpha value is -1.80. The van der Waals surface area contributed by atoms with Gasteiger partial charge >= 0.3 is 0 Å². The Bertz CT molecular complexity index is 625. The van der Waals surface area contributed by atoms with Gasteiger partial charge in [0.1, 0.15) is 0 Å². The predicted molar refractivity (Wildman–Crippen MR) is 97.3 cm³/mol. The zero-order chi connectivity index (χ0) is 16.2. The minimum Gasteiger partial charge on any atom is -0.372 e. The molecule has 0 radical (unpaired) electrons. The zero-order valence-electron chi connectivity index (χ0n) is 14.5. The Balaban J connectivity index is 1.66. The van der Waals surface area contributed by atoms with Crippen molar-refractivity contribution in [1.82, 2.24) is 0 Å². The maximum absolute atomic E-state index is 5.84. The highest BCUT2D eigenvalue weighted by Crippen LogP contribution is 2.22. The quantitative estimate of drug-likeness (QED) is 0.830. The highest BCUT2D eigenvalue weighted by molar-refractivity contribution is 5.49. The van der Waals surface area contributed by atoms with Gasteiger partial charge in [0.2, 0.25) is 0 Å². The van der Waals surface area contributed by atoms with Gasteiger partial charge in [-0.15, -0.1) is 0 Å². The minimum absolute atomic E-state index is 0.301.